The summed E-state index contributed by atoms with van der Waals surface area (Å²) in [5.41, 5.74) is 1.10. The first-order valence-electron chi connectivity index (χ1n) is 8.13. The first-order chi connectivity index (χ1) is 12.6. The van der Waals surface area contributed by atoms with Gasteiger partial charge in [-0.05, 0) is 34.5 Å². The number of rotatable bonds is 8. The van der Waals surface area contributed by atoms with Gasteiger partial charge in [-0.1, -0.05) is 35.5 Å². The van der Waals surface area contributed by atoms with Crippen molar-refractivity contribution in [3.63, 3.8) is 0 Å². The van der Waals surface area contributed by atoms with Gasteiger partial charge in [0.25, 0.3) is 0 Å². The quantitative estimate of drug-likeness (QED) is 0.495. The highest BCUT2D eigenvalue weighted by Crippen LogP contribution is 2.27. The molecule has 0 aliphatic heterocycles. The molecule has 0 aliphatic rings. The van der Waals surface area contributed by atoms with Crippen LogP contribution in [0.15, 0.2) is 50.8 Å². The van der Waals surface area contributed by atoms with Gasteiger partial charge >= 0.3 is 5.97 Å². The van der Waals surface area contributed by atoms with Crippen molar-refractivity contribution in [2.24, 2.45) is 0 Å². The summed E-state index contributed by atoms with van der Waals surface area (Å²) in [5.74, 6) is 0.738. The van der Waals surface area contributed by atoms with Crippen LogP contribution >= 0.6 is 27.3 Å². The van der Waals surface area contributed by atoms with Gasteiger partial charge in [-0.15, -0.1) is 11.3 Å². The number of halogens is 1. The maximum atomic E-state index is 11.9. The molecule has 0 radical (unpaired) electrons. The van der Waals surface area contributed by atoms with Gasteiger partial charge in [0.2, 0.25) is 11.7 Å². The van der Waals surface area contributed by atoms with Gasteiger partial charge in [-0.25, -0.2) is 0 Å². The Hall–Kier alpha value is -2.03. The summed E-state index contributed by atoms with van der Waals surface area (Å²) >= 11 is 4.96. The van der Waals surface area contributed by atoms with Crippen LogP contribution in [-0.2, 0) is 22.6 Å². The first-order valence-corrected chi connectivity index (χ1v) is 9.80. The summed E-state index contributed by atoms with van der Waals surface area (Å²) in [7, 11) is 0. The predicted octanol–water partition coefficient (Wildman–Crippen LogP) is 4.13. The van der Waals surface area contributed by atoms with Crippen LogP contribution < -0.4 is 0 Å². The lowest BCUT2D eigenvalue weighted by atomic mass is 10.2. The summed E-state index contributed by atoms with van der Waals surface area (Å²) in [6.07, 6.45) is 0. The van der Waals surface area contributed by atoms with Crippen LogP contribution in [0.25, 0.3) is 10.7 Å². The lowest BCUT2D eigenvalue weighted by Gasteiger charge is -2.19. The van der Waals surface area contributed by atoms with E-state index in [2.05, 4.69) is 26.1 Å². The Balaban J connectivity index is 1.72. The standard InChI is InChI=1S/C18H18BrN3O3S/c1-2-24-17(23)11-22(9-13-6-4-3-5-7-13)10-16-20-18(21-25-16)15-8-14(19)12-26-15/h3-8,12H,2,9-11H2,1H3. The second kappa shape index (κ2) is 9.07. The number of hydrogen-bond acceptors (Lipinski definition) is 7. The lowest BCUT2D eigenvalue weighted by molar-refractivity contribution is -0.144. The van der Waals surface area contributed by atoms with E-state index in [0.717, 1.165) is 14.9 Å². The molecule has 0 saturated heterocycles. The van der Waals surface area contributed by atoms with Crippen molar-refractivity contribution >= 4 is 33.2 Å². The monoisotopic (exact) mass is 435 g/mol. The molecule has 136 valence electrons. The maximum absolute atomic E-state index is 11.9. The first kappa shape index (κ1) is 18.8. The molecule has 3 rings (SSSR count). The van der Waals surface area contributed by atoms with Gasteiger partial charge in [0.15, 0.2) is 0 Å². The van der Waals surface area contributed by atoms with E-state index in [1.54, 1.807) is 6.92 Å². The van der Waals surface area contributed by atoms with Crippen LogP contribution in [-0.4, -0.2) is 34.2 Å². The van der Waals surface area contributed by atoms with E-state index in [0.29, 0.717) is 31.4 Å². The summed E-state index contributed by atoms with van der Waals surface area (Å²) < 4.78 is 11.4. The minimum absolute atomic E-state index is 0.158. The molecule has 8 heteroatoms. The minimum Gasteiger partial charge on any atom is -0.465 e. The van der Waals surface area contributed by atoms with Crippen LogP contribution in [0, 0.1) is 0 Å². The number of nitrogens with zero attached hydrogens (tertiary/aromatic N) is 3. The molecule has 0 spiro atoms. The van der Waals surface area contributed by atoms with Crippen molar-refractivity contribution < 1.29 is 14.1 Å². The molecule has 0 fully saturated rings. The normalized spacial score (nSPS) is 11.0. The van der Waals surface area contributed by atoms with E-state index < -0.39 is 0 Å². The highest BCUT2D eigenvalue weighted by atomic mass is 79.9. The van der Waals surface area contributed by atoms with E-state index in [1.165, 1.54) is 11.3 Å². The fraction of sp³-hybridized carbons (Fsp3) is 0.278. The van der Waals surface area contributed by atoms with Crippen molar-refractivity contribution in [3.8, 4) is 10.7 Å². The smallest absolute Gasteiger partial charge is 0.320 e. The van der Waals surface area contributed by atoms with Crippen LogP contribution in [0.2, 0.25) is 0 Å². The predicted molar refractivity (Wildman–Crippen MR) is 103 cm³/mol. The second-order valence-electron chi connectivity index (χ2n) is 5.58. The Kier molecular flexibility index (Phi) is 6.54. The maximum Gasteiger partial charge on any atom is 0.320 e. The fourth-order valence-electron chi connectivity index (χ4n) is 2.44. The van der Waals surface area contributed by atoms with Crippen LogP contribution in [0.4, 0.5) is 0 Å². The zero-order chi connectivity index (χ0) is 18.4. The van der Waals surface area contributed by atoms with Crippen LogP contribution in [0.5, 0.6) is 0 Å². The number of aromatic nitrogens is 2. The second-order valence-corrected chi connectivity index (χ2v) is 7.40. The molecular weight excluding hydrogens is 418 g/mol. The zero-order valence-corrected chi connectivity index (χ0v) is 16.6. The SMILES string of the molecule is CCOC(=O)CN(Cc1ccccc1)Cc1nc(-c2cc(Br)cs2)no1. The molecule has 6 nitrogen and oxygen atoms in total. The van der Waals surface area contributed by atoms with Gasteiger partial charge in [0.05, 0.1) is 24.6 Å². The topological polar surface area (TPSA) is 68.5 Å². The molecular formula is C18H18BrN3O3S. The summed E-state index contributed by atoms with van der Waals surface area (Å²) in [5, 5.41) is 6.00. The summed E-state index contributed by atoms with van der Waals surface area (Å²) in [6, 6.07) is 11.9. The number of carbonyl (C=O) groups excluding carboxylic acids is 1. The molecule has 2 aromatic heterocycles. The number of carbonyl (C=O) groups is 1. The van der Waals surface area contributed by atoms with Crippen LogP contribution in [0.1, 0.15) is 18.4 Å². The molecule has 1 aromatic carbocycles. The molecule has 26 heavy (non-hydrogen) atoms. The Morgan fingerprint density at radius 3 is 2.81 bits per heavy atom. The van der Waals surface area contributed by atoms with E-state index in [4.69, 9.17) is 9.26 Å². The van der Waals surface area contributed by atoms with Gasteiger partial charge < -0.3 is 9.26 Å². The van der Waals surface area contributed by atoms with Crippen LogP contribution in [0.3, 0.4) is 0 Å². The minimum atomic E-state index is -0.273. The third-order valence-electron chi connectivity index (χ3n) is 3.52. The van der Waals surface area contributed by atoms with E-state index in [9.17, 15) is 4.79 Å². The number of hydrogen-bond donors (Lipinski definition) is 0. The zero-order valence-electron chi connectivity index (χ0n) is 14.2. The molecule has 0 atom stereocenters. The van der Waals surface area contributed by atoms with Crippen molar-refractivity contribution in [2.75, 3.05) is 13.2 Å². The molecule has 0 saturated carbocycles. The Bertz CT molecular complexity index is 850. The van der Waals surface area contributed by atoms with Gasteiger partial charge in [-0.3, -0.25) is 9.69 Å². The number of benzene rings is 1. The Labute approximate surface area is 163 Å². The third kappa shape index (κ3) is 5.23. The van der Waals surface area contributed by atoms with E-state index >= 15 is 0 Å². The molecule has 3 aromatic rings. The molecule has 0 N–H and O–H groups in total. The highest BCUT2D eigenvalue weighted by molar-refractivity contribution is 9.10. The van der Waals surface area contributed by atoms with Gasteiger partial charge in [0, 0.05) is 16.4 Å². The average molecular weight is 436 g/mol. The Morgan fingerprint density at radius 2 is 2.12 bits per heavy atom. The highest BCUT2D eigenvalue weighted by Gasteiger charge is 2.17. The molecule has 0 bridgehead atoms. The Morgan fingerprint density at radius 1 is 1.31 bits per heavy atom. The molecule has 2 heterocycles. The van der Waals surface area contributed by atoms with Crippen molar-refractivity contribution in [3.05, 3.63) is 57.7 Å². The van der Waals surface area contributed by atoms with Gasteiger partial charge in [-0.2, -0.15) is 4.98 Å². The average Bonchev–Trinajstić information content (AvgIpc) is 3.25. The van der Waals surface area contributed by atoms with Crippen molar-refractivity contribution in [1.29, 1.82) is 0 Å². The van der Waals surface area contributed by atoms with Crippen molar-refractivity contribution in [2.45, 2.75) is 20.0 Å². The summed E-state index contributed by atoms with van der Waals surface area (Å²) in [6.45, 7) is 3.26. The molecule has 0 amide bonds. The largest absolute Gasteiger partial charge is 0.465 e. The van der Waals surface area contributed by atoms with Crippen molar-refractivity contribution in [1.82, 2.24) is 15.0 Å². The summed E-state index contributed by atoms with van der Waals surface area (Å²) in [4.78, 5) is 19.2. The fourth-order valence-corrected chi connectivity index (χ4v) is 3.79. The number of ether oxygens (including phenoxy) is 1. The number of esters is 1. The third-order valence-corrected chi connectivity index (χ3v) is 5.21. The van der Waals surface area contributed by atoms with E-state index in [-0.39, 0.29) is 12.5 Å². The van der Waals surface area contributed by atoms with E-state index in [1.807, 2.05) is 46.7 Å². The molecule has 0 aliphatic carbocycles. The van der Waals surface area contributed by atoms with Gasteiger partial charge in [0.1, 0.15) is 0 Å². The number of thiophene rings is 1. The lowest BCUT2D eigenvalue weighted by Crippen LogP contribution is -2.30. The molecule has 0 unspecified atom stereocenters.